The molecule has 1 fully saturated rings. The lowest BCUT2D eigenvalue weighted by atomic mass is 9.89. The molecule has 1 aromatic carbocycles. The highest BCUT2D eigenvalue weighted by atomic mass is 35.5. The number of rotatable bonds is 3. The first-order chi connectivity index (χ1) is 8.13. The van der Waals surface area contributed by atoms with Gasteiger partial charge in [0.1, 0.15) is 5.75 Å². The van der Waals surface area contributed by atoms with Crippen LogP contribution in [0, 0.1) is 11.8 Å². The molecule has 2 atom stereocenters. The van der Waals surface area contributed by atoms with Crippen molar-refractivity contribution in [1.29, 1.82) is 0 Å². The van der Waals surface area contributed by atoms with Gasteiger partial charge in [-0.05, 0) is 37.0 Å². The van der Waals surface area contributed by atoms with Gasteiger partial charge in [-0.15, -0.1) is 0 Å². The number of hydrogen-bond donors (Lipinski definition) is 0. The van der Waals surface area contributed by atoms with Gasteiger partial charge in [0, 0.05) is 10.9 Å². The fourth-order valence-corrected chi connectivity index (χ4v) is 2.78. The van der Waals surface area contributed by atoms with Gasteiger partial charge < -0.3 is 4.74 Å². The summed E-state index contributed by atoms with van der Waals surface area (Å²) in [4.78, 5) is 12.5. The van der Waals surface area contributed by atoms with E-state index in [-0.39, 0.29) is 11.7 Å². The van der Waals surface area contributed by atoms with Gasteiger partial charge in [0.25, 0.3) is 0 Å². The summed E-state index contributed by atoms with van der Waals surface area (Å²) in [5.74, 6) is 1.39. The molecule has 1 aliphatic rings. The van der Waals surface area contributed by atoms with Crippen LogP contribution < -0.4 is 4.74 Å². The van der Waals surface area contributed by atoms with Gasteiger partial charge in [-0.2, -0.15) is 0 Å². The molecule has 0 bridgehead atoms. The smallest absolute Gasteiger partial charge is 0.169 e. The number of ether oxygens (including phenoxy) is 1. The molecule has 17 heavy (non-hydrogen) atoms. The summed E-state index contributed by atoms with van der Waals surface area (Å²) in [6.45, 7) is 2.15. The second-order valence-electron chi connectivity index (χ2n) is 4.72. The van der Waals surface area contributed by atoms with E-state index >= 15 is 0 Å². The summed E-state index contributed by atoms with van der Waals surface area (Å²) in [7, 11) is 1.58. The van der Waals surface area contributed by atoms with Crippen LogP contribution in [0.2, 0.25) is 5.02 Å². The third-order valence-electron chi connectivity index (χ3n) is 3.63. The van der Waals surface area contributed by atoms with Crippen molar-refractivity contribution in [3.63, 3.8) is 0 Å². The van der Waals surface area contributed by atoms with Crippen molar-refractivity contribution in [2.75, 3.05) is 7.11 Å². The van der Waals surface area contributed by atoms with Gasteiger partial charge >= 0.3 is 0 Å². The Bertz CT molecular complexity index is 428. The minimum absolute atomic E-state index is 0.127. The van der Waals surface area contributed by atoms with Crippen LogP contribution >= 0.6 is 11.6 Å². The Labute approximate surface area is 107 Å². The van der Waals surface area contributed by atoms with E-state index in [1.165, 1.54) is 0 Å². The second-order valence-corrected chi connectivity index (χ2v) is 5.16. The zero-order chi connectivity index (χ0) is 12.4. The summed E-state index contributed by atoms with van der Waals surface area (Å²) in [5.41, 5.74) is 0.624. The fourth-order valence-electron chi connectivity index (χ4n) is 2.61. The van der Waals surface area contributed by atoms with Crippen LogP contribution in [0.15, 0.2) is 18.2 Å². The van der Waals surface area contributed by atoms with Crippen molar-refractivity contribution >= 4 is 17.4 Å². The van der Waals surface area contributed by atoms with E-state index < -0.39 is 0 Å². The highest BCUT2D eigenvalue weighted by Gasteiger charge is 2.31. The van der Waals surface area contributed by atoms with E-state index in [1.807, 2.05) is 0 Å². The van der Waals surface area contributed by atoms with Gasteiger partial charge in [-0.3, -0.25) is 4.79 Å². The predicted molar refractivity (Wildman–Crippen MR) is 68.8 cm³/mol. The van der Waals surface area contributed by atoms with E-state index in [4.69, 9.17) is 16.3 Å². The maximum atomic E-state index is 12.5. The molecule has 0 aromatic heterocycles. The van der Waals surface area contributed by atoms with Crippen molar-refractivity contribution in [1.82, 2.24) is 0 Å². The van der Waals surface area contributed by atoms with Crippen LogP contribution in [0.5, 0.6) is 5.75 Å². The lowest BCUT2D eigenvalue weighted by Gasteiger charge is -2.16. The SMILES string of the molecule is COc1ccc(Cl)cc1C(=O)C1CCCC1C. The first kappa shape index (κ1) is 12.4. The Morgan fingerprint density at radius 3 is 2.76 bits per heavy atom. The third kappa shape index (κ3) is 2.47. The highest BCUT2D eigenvalue weighted by Crippen LogP contribution is 2.36. The van der Waals surface area contributed by atoms with Crippen LogP contribution in [0.1, 0.15) is 36.5 Å². The van der Waals surface area contributed by atoms with E-state index in [2.05, 4.69) is 6.92 Å². The Morgan fingerprint density at radius 2 is 2.18 bits per heavy atom. The number of carbonyl (C=O) groups excluding carboxylic acids is 1. The van der Waals surface area contributed by atoms with Crippen LogP contribution in [-0.4, -0.2) is 12.9 Å². The molecule has 0 spiro atoms. The molecule has 2 rings (SSSR count). The highest BCUT2D eigenvalue weighted by molar-refractivity contribution is 6.31. The van der Waals surface area contributed by atoms with Crippen LogP contribution in [0.25, 0.3) is 0 Å². The molecule has 1 saturated carbocycles. The first-order valence-corrected chi connectivity index (χ1v) is 6.39. The number of methoxy groups -OCH3 is 1. The monoisotopic (exact) mass is 252 g/mol. The average molecular weight is 253 g/mol. The molecule has 2 nitrogen and oxygen atoms in total. The third-order valence-corrected chi connectivity index (χ3v) is 3.86. The van der Waals surface area contributed by atoms with Gasteiger partial charge in [0.15, 0.2) is 5.78 Å². The van der Waals surface area contributed by atoms with Crippen LogP contribution in [0.3, 0.4) is 0 Å². The zero-order valence-corrected chi connectivity index (χ0v) is 11.0. The molecule has 0 aliphatic heterocycles. The van der Waals surface area contributed by atoms with Gasteiger partial charge in [0.2, 0.25) is 0 Å². The molecular formula is C14H17ClO2. The molecule has 0 amide bonds. The average Bonchev–Trinajstić information content (AvgIpc) is 2.74. The number of hydrogen-bond acceptors (Lipinski definition) is 2. The second kappa shape index (κ2) is 5.09. The minimum atomic E-state index is 0.127. The summed E-state index contributed by atoms with van der Waals surface area (Å²) < 4.78 is 5.24. The van der Waals surface area contributed by atoms with Gasteiger partial charge in [-0.25, -0.2) is 0 Å². The summed E-state index contributed by atoms with van der Waals surface area (Å²) in [6, 6.07) is 5.22. The maximum absolute atomic E-state index is 12.5. The minimum Gasteiger partial charge on any atom is -0.496 e. The Balaban J connectivity index is 2.32. The van der Waals surface area contributed by atoms with Crippen molar-refractivity contribution in [2.45, 2.75) is 26.2 Å². The van der Waals surface area contributed by atoms with E-state index in [0.717, 1.165) is 19.3 Å². The number of ketones is 1. The summed E-state index contributed by atoms with van der Waals surface area (Å²) >= 11 is 5.95. The maximum Gasteiger partial charge on any atom is 0.169 e. The standard InChI is InChI=1S/C14H17ClO2/c1-9-4-3-5-11(9)14(16)12-8-10(15)6-7-13(12)17-2/h6-9,11H,3-5H2,1-2H3. The lowest BCUT2D eigenvalue weighted by molar-refractivity contribution is 0.0894. The van der Waals surface area contributed by atoms with Crippen LogP contribution in [0.4, 0.5) is 0 Å². The molecular weight excluding hydrogens is 236 g/mol. The number of Topliss-reactive ketones (excluding diaryl/α,β-unsaturated/α-hetero) is 1. The van der Waals surface area contributed by atoms with Crippen molar-refractivity contribution in [3.8, 4) is 5.75 Å². The number of halogens is 1. The predicted octanol–water partition coefficient (Wildman–Crippen LogP) is 3.97. The van der Waals surface area contributed by atoms with Gasteiger partial charge in [-0.1, -0.05) is 24.9 Å². The Morgan fingerprint density at radius 1 is 1.41 bits per heavy atom. The van der Waals surface area contributed by atoms with E-state index in [9.17, 15) is 4.79 Å². The molecule has 3 heteroatoms. The quantitative estimate of drug-likeness (QED) is 0.761. The molecule has 0 saturated heterocycles. The van der Waals surface area contributed by atoms with E-state index in [0.29, 0.717) is 22.3 Å². The zero-order valence-electron chi connectivity index (χ0n) is 10.2. The molecule has 0 radical (unpaired) electrons. The molecule has 0 N–H and O–H groups in total. The summed E-state index contributed by atoms with van der Waals surface area (Å²) in [6.07, 6.45) is 3.26. The number of benzene rings is 1. The fraction of sp³-hybridized carbons (Fsp3) is 0.500. The normalized spacial score (nSPS) is 23.7. The molecule has 0 heterocycles. The first-order valence-electron chi connectivity index (χ1n) is 6.01. The van der Waals surface area contributed by atoms with Crippen LogP contribution in [-0.2, 0) is 0 Å². The molecule has 2 unspecified atom stereocenters. The Hall–Kier alpha value is -1.02. The van der Waals surface area contributed by atoms with Crippen molar-refractivity contribution in [2.24, 2.45) is 11.8 Å². The molecule has 1 aliphatic carbocycles. The van der Waals surface area contributed by atoms with E-state index in [1.54, 1.807) is 25.3 Å². The van der Waals surface area contributed by atoms with Crippen molar-refractivity contribution in [3.05, 3.63) is 28.8 Å². The largest absolute Gasteiger partial charge is 0.496 e. The van der Waals surface area contributed by atoms with Gasteiger partial charge in [0.05, 0.1) is 12.7 Å². The summed E-state index contributed by atoms with van der Waals surface area (Å²) in [5, 5.41) is 0.583. The number of carbonyl (C=O) groups is 1. The Kier molecular flexibility index (Phi) is 3.72. The lowest BCUT2D eigenvalue weighted by Crippen LogP contribution is -2.17. The molecule has 1 aromatic rings. The van der Waals surface area contributed by atoms with Crippen molar-refractivity contribution < 1.29 is 9.53 Å². The molecule has 92 valence electrons. The topological polar surface area (TPSA) is 26.3 Å².